The third-order valence-electron chi connectivity index (χ3n) is 7.23. The van der Waals surface area contributed by atoms with Gasteiger partial charge in [0.2, 0.25) is 17.7 Å². The Morgan fingerprint density at radius 1 is 1.00 bits per heavy atom. The van der Waals surface area contributed by atoms with E-state index in [0.29, 0.717) is 16.5 Å². The first-order valence-electron chi connectivity index (χ1n) is 11.7. The van der Waals surface area contributed by atoms with Crippen LogP contribution in [0.25, 0.3) is 6.08 Å². The van der Waals surface area contributed by atoms with Crippen LogP contribution in [0.3, 0.4) is 0 Å². The zero-order valence-electron chi connectivity index (χ0n) is 19.6. The SMILES string of the molecule is COc1ccc(Cl)cc1NC(=O)[C@@H]1[C@@H]2C(=O)N(c3ccc(F)cc3)C(=O)[C@@H]2[C@@H]2c3ccccc3C=CN12. The van der Waals surface area contributed by atoms with Crippen molar-refractivity contribution in [3.63, 3.8) is 0 Å². The van der Waals surface area contributed by atoms with Gasteiger partial charge in [0.15, 0.2) is 0 Å². The van der Waals surface area contributed by atoms with Crippen LogP contribution in [0.1, 0.15) is 17.2 Å². The Hall–Kier alpha value is -4.17. The third-order valence-corrected chi connectivity index (χ3v) is 7.47. The van der Waals surface area contributed by atoms with E-state index in [2.05, 4.69) is 5.32 Å². The summed E-state index contributed by atoms with van der Waals surface area (Å²) < 4.78 is 18.9. The molecule has 37 heavy (non-hydrogen) atoms. The molecule has 0 aliphatic carbocycles. The lowest BCUT2D eigenvalue weighted by molar-refractivity contribution is -0.128. The van der Waals surface area contributed by atoms with Gasteiger partial charge in [-0.25, -0.2) is 9.29 Å². The molecule has 3 aliphatic heterocycles. The van der Waals surface area contributed by atoms with E-state index in [9.17, 15) is 18.8 Å². The van der Waals surface area contributed by atoms with Crippen LogP contribution in [-0.2, 0) is 14.4 Å². The quantitative estimate of drug-likeness (QED) is 0.510. The number of anilines is 2. The number of nitrogens with zero attached hydrogens (tertiary/aromatic N) is 2. The second kappa shape index (κ2) is 8.74. The molecule has 0 radical (unpaired) electrons. The lowest BCUT2D eigenvalue weighted by atomic mass is 9.84. The Kier molecular flexibility index (Phi) is 5.49. The Labute approximate surface area is 217 Å². The summed E-state index contributed by atoms with van der Waals surface area (Å²) in [6.45, 7) is 0. The monoisotopic (exact) mass is 517 g/mol. The standard InChI is InChI=1S/C28H21ClFN3O4/c1-37-21-11-6-16(29)14-20(21)31-26(34)25-23-22(24-19-5-3-2-4-15(19)12-13-32(24)25)27(35)33(28(23)36)18-9-7-17(30)8-10-18/h2-14,22-25H,1H3,(H,31,34)/t22-,23+,24-,25-/m0/s1. The van der Waals surface area contributed by atoms with E-state index in [1.807, 2.05) is 30.3 Å². The first-order chi connectivity index (χ1) is 17.9. The highest BCUT2D eigenvalue weighted by Gasteiger charge is 2.64. The molecule has 0 aromatic heterocycles. The summed E-state index contributed by atoms with van der Waals surface area (Å²) in [5, 5.41) is 3.26. The van der Waals surface area contributed by atoms with Gasteiger partial charge in [-0.2, -0.15) is 0 Å². The molecule has 3 aromatic carbocycles. The molecule has 0 saturated carbocycles. The zero-order chi connectivity index (χ0) is 25.8. The minimum Gasteiger partial charge on any atom is -0.495 e. The van der Waals surface area contributed by atoms with Crippen LogP contribution >= 0.6 is 11.6 Å². The van der Waals surface area contributed by atoms with Crippen LogP contribution in [0.15, 0.2) is 72.9 Å². The lowest BCUT2D eigenvalue weighted by Crippen LogP contribution is -2.46. The maximum absolute atomic E-state index is 13.8. The number of hydrogen-bond acceptors (Lipinski definition) is 5. The Morgan fingerprint density at radius 2 is 1.73 bits per heavy atom. The maximum Gasteiger partial charge on any atom is 0.248 e. The fraction of sp³-hybridized carbons (Fsp3) is 0.179. The van der Waals surface area contributed by atoms with Crippen molar-refractivity contribution in [3.05, 3.63) is 94.9 Å². The van der Waals surface area contributed by atoms with E-state index in [-0.39, 0.29) is 5.69 Å². The van der Waals surface area contributed by atoms with Gasteiger partial charge < -0.3 is 15.0 Å². The number of ether oxygens (including phenoxy) is 1. The van der Waals surface area contributed by atoms with Crippen molar-refractivity contribution >= 4 is 46.8 Å². The van der Waals surface area contributed by atoms with E-state index >= 15 is 0 Å². The van der Waals surface area contributed by atoms with Gasteiger partial charge in [-0.15, -0.1) is 0 Å². The largest absolute Gasteiger partial charge is 0.495 e. The first-order valence-corrected chi connectivity index (χ1v) is 12.1. The van der Waals surface area contributed by atoms with Gasteiger partial charge in [-0.05, 0) is 59.7 Å². The summed E-state index contributed by atoms with van der Waals surface area (Å²) in [5.74, 6) is -3.22. The molecule has 4 atom stereocenters. The number of methoxy groups -OCH3 is 1. The molecule has 9 heteroatoms. The van der Waals surface area contributed by atoms with Crippen molar-refractivity contribution in [3.8, 4) is 5.75 Å². The van der Waals surface area contributed by atoms with Gasteiger partial charge in [0.1, 0.15) is 17.6 Å². The number of fused-ring (bicyclic) bond motifs is 5. The predicted molar refractivity (Wildman–Crippen MR) is 136 cm³/mol. The van der Waals surface area contributed by atoms with E-state index < -0.39 is 47.5 Å². The number of hydrogen-bond donors (Lipinski definition) is 1. The van der Waals surface area contributed by atoms with E-state index in [4.69, 9.17) is 16.3 Å². The minimum absolute atomic E-state index is 0.271. The number of nitrogens with one attached hydrogen (secondary N) is 1. The van der Waals surface area contributed by atoms with Crippen LogP contribution in [0.2, 0.25) is 5.02 Å². The fourth-order valence-electron chi connectivity index (χ4n) is 5.69. The number of benzene rings is 3. The second-order valence-electron chi connectivity index (χ2n) is 9.16. The Balaban J connectivity index is 1.44. The first kappa shape index (κ1) is 23.2. The smallest absolute Gasteiger partial charge is 0.248 e. The molecule has 3 aromatic rings. The molecule has 3 aliphatic rings. The predicted octanol–water partition coefficient (Wildman–Crippen LogP) is 4.64. The van der Waals surface area contributed by atoms with Crippen molar-refractivity contribution < 1.29 is 23.5 Å². The van der Waals surface area contributed by atoms with Crippen LogP contribution in [0.5, 0.6) is 5.75 Å². The number of carbonyl (C=O) groups is 3. The molecule has 0 spiro atoms. The van der Waals surface area contributed by atoms with Crippen molar-refractivity contribution in [1.29, 1.82) is 0 Å². The molecule has 7 nitrogen and oxygen atoms in total. The summed E-state index contributed by atoms with van der Waals surface area (Å²) >= 11 is 6.15. The van der Waals surface area contributed by atoms with Gasteiger partial charge in [0, 0.05) is 11.2 Å². The molecule has 2 fully saturated rings. The summed E-state index contributed by atoms with van der Waals surface area (Å²) in [7, 11) is 1.48. The summed E-state index contributed by atoms with van der Waals surface area (Å²) in [6, 6.07) is 16.1. The van der Waals surface area contributed by atoms with Crippen LogP contribution in [-0.4, -0.2) is 35.8 Å². The number of halogens is 2. The fourth-order valence-corrected chi connectivity index (χ4v) is 5.86. The highest BCUT2D eigenvalue weighted by Crippen LogP contribution is 2.53. The minimum atomic E-state index is -0.981. The molecule has 186 valence electrons. The highest BCUT2D eigenvalue weighted by atomic mass is 35.5. The lowest BCUT2D eigenvalue weighted by Gasteiger charge is -2.35. The molecular weight excluding hydrogens is 497 g/mol. The van der Waals surface area contributed by atoms with Crippen molar-refractivity contribution in [1.82, 2.24) is 4.90 Å². The van der Waals surface area contributed by atoms with E-state index in [1.165, 1.54) is 31.4 Å². The van der Waals surface area contributed by atoms with E-state index in [1.54, 1.807) is 29.3 Å². The van der Waals surface area contributed by atoms with Gasteiger partial charge in [0.05, 0.1) is 36.4 Å². The van der Waals surface area contributed by atoms with Crippen LogP contribution in [0.4, 0.5) is 15.8 Å². The summed E-state index contributed by atoms with van der Waals surface area (Å²) in [6.07, 6.45) is 3.65. The van der Waals surface area contributed by atoms with Crippen LogP contribution < -0.4 is 15.0 Å². The molecule has 1 N–H and O–H groups in total. The Bertz CT molecular complexity index is 1470. The molecule has 6 rings (SSSR count). The molecule has 2 saturated heterocycles. The average molecular weight is 518 g/mol. The Morgan fingerprint density at radius 3 is 2.49 bits per heavy atom. The van der Waals surface area contributed by atoms with Crippen molar-refractivity contribution in [2.24, 2.45) is 11.8 Å². The zero-order valence-corrected chi connectivity index (χ0v) is 20.4. The molecule has 3 heterocycles. The average Bonchev–Trinajstić information content (AvgIpc) is 3.37. The third kappa shape index (κ3) is 3.59. The van der Waals surface area contributed by atoms with E-state index in [0.717, 1.165) is 16.0 Å². The molecule has 3 amide bonds. The topological polar surface area (TPSA) is 79.0 Å². The van der Waals surface area contributed by atoms with Crippen molar-refractivity contribution in [2.45, 2.75) is 12.1 Å². The second-order valence-corrected chi connectivity index (χ2v) is 9.59. The highest BCUT2D eigenvalue weighted by molar-refractivity contribution is 6.31. The number of imide groups is 1. The molecule has 0 unspecified atom stereocenters. The molecular formula is C28H21ClFN3O4. The normalized spacial score (nSPS) is 23.5. The van der Waals surface area contributed by atoms with Gasteiger partial charge in [0.25, 0.3) is 0 Å². The number of carbonyl (C=O) groups excluding carboxylic acids is 3. The molecule has 0 bridgehead atoms. The van der Waals surface area contributed by atoms with Gasteiger partial charge >= 0.3 is 0 Å². The van der Waals surface area contributed by atoms with Crippen LogP contribution in [0, 0.1) is 17.7 Å². The number of rotatable bonds is 4. The maximum atomic E-state index is 13.8. The van der Waals surface area contributed by atoms with Gasteiger partial charge in [-0.3, -0.25) is 14.4 Å². The van der Waals surface area contributed by atoms with Crippen molar-refractivity contribution in [2.75, 3.05) is 17.3 Å². The van der Waals surface area contributed by atoms with Gasteiger partial charge in [-0.1, -0.05) is 35.9 Å². The number of amides is 3. The summed E-state index contributed by atoms with van der Waals surface area (Å²) in [5.41, 5.74) is 2.40. The summed E-state index contributed by atoms with van der Waals surface area (Å²) in [4.78, 5) is 44.3.